The van der Waals surface area contributed by atoms with E-state index in [9.17, 15) is 0 Å². The minimum Gasteiger partial charge on any atom is -0.339 e. The van der Waals surface area contributed by atoms with Gasteiger partial charge in [-0.05, 0) is 19.0 Å². The first kappa shape index (κ1) is 12.1. The largest absolute Gasteiger partial charge is 0.339 e. The van der Waals surface area contributed by atoms with Gasteiger partial charge in [-0.1, -0.05) is 30.3 Å². The summed E-state index contributed by atoms with van der Waals surface area (Å²) in [5, 5.41) is 3.40. The standard InChI is InChI=1S/C15H18N4/c1-2-5-13(6-3-1)14-7-9-17-15(18-14)19-11-4-8-16-10-12-19/h1-3,5-7,9,16H,4,8,10-12H2. The molecule has 0 amide bonds. The quantitative estimate of drug-likeness (QED) is 0.889. The number of benzene rings is 1. The molecule has 0 spiro atoms. The first-order chi connectivity index (χ1) is 9.43. The molecule has 1 aliphatic heterocycles. The van der Waals surface area contributed by atoms with Gasteiger partial charge in [-0.2, -0.15) is 0 Å². The molecular formula is C15H18N4. The van der Waals surface area contributed by atoms with E-state index < -0.39 is 0 Å². The van der Waals surface area contributed by atoms with E-state index in [2.05, 4.69) is 27.3 Å². The zero-order valence-electron chi connectivity index (χ0n) is 10.9. The van der Waals surface area contributed by atoms with Crippen molar-refractivity contribution < 1.29 is 0 Å². The lowest BCUT2D eigenvalue weighted by molar-refractivity contribution is 0.724. The van der Waals surface area contributed by atoms with Crippen LogP contribution in [0.25, 0.3) is 11.3 Å². The van der Waals surface area contributed by atoms with E-state index in [1.165, 1.54) is 0 Å². The lowest BCUT2D eigenvalue weighted by Crippen LogP contribution is -2.29. The van der Waals surface area contributed by atoms with Crippen LogP contribution in [0, 0.1) is 0 Å². The highest BCUT2D eigenvalue weighted by Gasteiger charge is 2.12. The van der Waals surface area contributed by atoms with Crippen LogP contribution in [0.1, 0.15) is 6.42 Å². The zero-order valence-corrected chi connectivity index (χ0v) is 10.9. The van der Waals surface area contributed by atoms with E-state index >= 15 is 0 Å². The fourth-order valence-electron chi connectivity index (χ4n) is 2.32. The Morgan fingerprint density at radius 1 is 1.00 bits per heavy atom. The summed E-state index contributed by atoms with van der Waals surface area (Å²) in [4.78, 5) is 11.4. The van der Waals surface area contributed by atoms with E-state index in [1.54, 1.807) is 0 Å². The molecule has 1 N–H and O–H groups in total. The molecule has 1 aromatic carbocycles. The Labute approximate surface area is 113 Å². The molecule has 19 heavy (non-hydrogen) atoms. The highest BCUT2D eigenvalue weighted by atomic mass is 15.3. The molecule has 4 nitrogen and oxygen atoms in total. The molecule has 0 unspecified atom stereocenters. The summed E-state index contributed by atoms with van der Waals surface area (Å²) in [7, 11) is 0. The number of aromatic nitrogens is 2. The number of nitrogens with one attached hydrogen (secondary N) is 1. The zero-order chi connectivity index (χ0) is 12.9. The Morgan fingerprint density at radius 2 is 1.89 bits per heavy atom. The summed E-state index contributed by atoms with van der Waals surface area (Å²) in [5.74, 6) is 0.838. The Kier molecular flexibility index (Phi) is 3.70. The van der Waals surface area contributed by atoms with Crippen LogP contribution in [-0.2, 0) is 0 Å². The van der Waals surface area contributed by atoms with E-state index in [-0.39, 0.29) is 0 Å². The molecule has 0 radical (unpaired) electrons. The van der Waals surface area contributed by atoms with Gasteiger partial charge in [-0.25, -0.2) is 9.97 Å². The van der Waals surface area contributed by atoms with Crippen molar-refractivity contribution in [3.63, 3.8) is 0 Å². The molecule has 0 bridgehead atoms. The van der Waals surface area contributed by atoms with Crippen LogP contribution in [0.3, 0.4) is 0 Å². The minimum atomic E-state index is 0.838. The molecule has 98 valence electrons. The van der Waals surface area contributed by atoms with Gasteiger partial charge in [-0.15, -0.1) is 0 Å². The fourth-order valence-corrected chi connectivity index (χ4v) is 2.32. The molecule has 3 rings (SSSR count). The third-order valence-electron chi connectivity index (χ3n) is 3.34. The van der Waals surface area contributed by atoms with Crippen molar-refractivity contribution in [2.24, 2.45) is 0 Å². The van der Waals surface area contributed by atoms with Gasteiger partial charge in [0.15, 0.2) is 0 Å². The third-order valence-corrected chi connectivity index (χ3v) is 3.34. The molecule has 1 fully saturated rings. The number of hydrogen-bond acceptors (Lipinski definition) is 4. The highest BCUT2D eigenvalue weighted by molar-refractivity contribution is 5.59. The van der Waals surface area contributed by atoms with Gasteiger partial charge in [0, 0.05) is 31.4 Å². The normalized spacial score (nSPS) is 16.1. The van der Waals surface area contributed by atoms with E-state index in [0.29, 0.717) is 0 Å². The van der Waals surface area contributed by atoms with Crippen LogP contribution in [0.5, 0.6) is 0 Å². The first-order valence-corrected chi connectivity index (χ1v) is 6.77. The second-order valence-corrected chi connectivity index (χ2v) is 4.70. The van der Waals surface area contributed by atoms with Gasteiger partial charge >= 0.3 is 0 Å². The van der Waals surface area contributed by atoms with Crippen molar-refractivity contribution in [3.05, 3.63) is 42.6 Å². The number of anilines is 1. The van der Waals surface area contributed by atoms with Crippen LogP contribution in [0.15, 0.2) is 42.6 Å². The summed E-state index contributed by atoms with van der Waals surface area (Å²) in [6, 6.07) is 12.2. The Morgan fingerprint density at radius 3 is 2.79 bits per heavy atom. The topological polar surface area (TPSA) is 41.1 Å². The van der Waals surface area contributed by atoms with Gasteiger partial charge in [0.05, 0.1) is 5.69 Å². The van der Waals surface area contributed by atoms with Crippen molar-refractivity contribution in [2.75, 3.05) is 31.1 Å². The molecule has 0 aliphatic carbocycles. The maximum atomic E-state index is 4.70. The monoisotopic (exact) mass is 254 g/mol. The average molecular weight is 254 g/mol. The molecule has 1 saturated heterocycles. The van der Waals surface area contributed by atoms with Crippen LogP contribution < -0.4 is 10.2 Å². The maximum Gasteiger partial charge on any atom is 0.225 e. The SMILES string of the molecule is c1ccc(-c2ccnc(N3CCCNCC3)n2)cc1. The van der Waals surface area contributed by atoms with E-state index in [0.717, 1.165) is 49.8 Å². The Balaban J connectivity index is 1.87. The molecule has 4 heteroatoms. The van der Waals surface area contributed by atoms with Crippen molar-refractivity contribution in [1.82, 2.24) is 15.3 Å². The van der Waals surface area contributed by atoms with Gasteiger partial charge in [-0.3, -0.25) is 0 Å². The van der Waals surface area contributed by atoms with Crippen LogP contribution in [0.4, 0.5) is 5.95 Å². The number of nitrogens with zero attached hydrogens (tertiary/aromatic N) is 3. The van der Waals surface area contributed by atoms with E-state index in [4.69, 9.17) is 4.98 Å². The summed E-state index contributed by atoms with van der Waals surface area (Å²) < 4.78 is 0. The Hall–Kier alpha value is -1.94. The summed E-state index contributed by atoms with van der Waals surface area (Å²) in [6.07, 6.45) is 2.99. The molecule has 2 aromatic rings. The van der Waals surface area contributed by atoms with Gasteiger partial charge in [0.25, 0.3) is 0 Å². The lowest BCUT2D eigenvalue weighted by Gasteiger charge is -2.20. The maximum absolute atomic E-state index is 4.70. The molecule has 1 aliphatic rings. The predicted octanol–water partition coefficient (Wildman–Crippen LogP) is 1.94. The second kappa shape index (κ2) is 5.80. The van der Waals surface area contributed by atoms with Gasteiger partial charge < -0.3 is 10.2 Å². The summed E-state index contributed by atoms with van der Waals surface area (Å²) >= 11 is 0. The molecule has 0 saturated carbocycles. The lowest BCUT2D eigenvalue weighted by atomic mass is 10.1. The molecular weight excluding hydrogens is 236 g/mol. The van der Waals surface area contributed by atoms with Crippen molar-refractivity contribution in [1.29, 1.82) is 0 Å². The predicted molar refractivity (Wildman–Crippen MR) is 77.2 cm³/mol. The van der Waals surface area contributed by atoms with Crippen molar-refractivity contribution >= 4 is 5.95 Å². The fraction of sp³-hybridized carbons (Fsp3) is 0.333. The van der Waals surface area contributed by atoms with Gasteiger partial charge in [0.1, 0.15) is 0 Å². The summed E-state index contributed by atoms with van der Waals surface area (Å²) in [5.41, 5.74) is 2.13. The second-order valence-electron chi connectivity index (χ2n) is 4.70. The Bertz CT molecular complexity index is 519. The van der Waals surface area contributed by atoms with Gasteiger partial charge in [0.2, 0.25) is 5.95 Å². The van der Waals surface area contributed by atoms with Crippen molar-refractivity contribution in [3.8, 4) is 11.3 Å². The molecule has 0 atom stereocenters. The molecule has 1 aromatic heterocycles. The van der Waals surface area contributed by atoms with Crippen LogP contribution in [-0.4, -0.2) is 36.1 Å². The van der Waals surface area contributed by atoms with Crippen LogP contribution in [0.2, 0.25) is 0 Å². The number of rotatable bonds is 2. The highest BCUT2D eigenvalue weighted by Crippen LogP contribution is 2.18. The average Bonchev–Trinajstić information content (AvgIpc) is 2.77. The molecule has 2 heterocycles. The summed E-state index contributed by atoms with van der Waals surface area (Å²) in [6.45, 7) is 4.07. The third kappa shape index (κ3) is 2.90. The van der Waals surface area contributed by atoms with Crippen molar-refractivity contribution in [2.45, 2.75) is 6.42 Å². The number of hydrogen-bond donors (Lipinski definition) is 1. The van der Waals surface area contributed by atoms with Crippen LogP contribution >= 0.6 is 0 Å². The minimum absolute atomic E-state index is 0.838. The smallest absolute Gasteiger partial charge is 0.225 e. The van der Waals surface area contributed by atoms with E-state index in [1.807, 2.05) is 30.5 Å². The first-order valence-electron chi connectivity index (χ1n) is 6.77.